The van der Waals surface area contributed by atoms with Gasteiger partial charge in [-0.05, 0) is 32.4 Å². The summed E-state index contributed by atoms with van der Waals surface area (Å²) in [6, 6.07) is 0. The van der Waals surface area contributed by atoms with Crippen molar-refractivity contribution in [2.24, 2.45) is 0 Å². The lowest BCUT2D eigenvalue weighted by Gasteiger charge is -2.05. The molecule has 1 N–H and O–H groups in total. The van der Waals surface area contributed by atoms with Crippen LogP contribution >= 0.6 is 0 Å². The molecule has 104 valence electrons. The average molecular weight is 267 g/mol. The Morgan fingerprint density at radius 2 is 1.71 bits per heavy atom. The molecule has 5 nitrogen and oxygen atoms in total. The summed E-state index contributed by atoms with van der Waals surface area (Å²) in [5.74, 6) is 0.264. The van der Waals surface area contributed by atoms with Crippen molar-refractivity contribution in [2.45, 2.75) is 19.3 Å². The van der Waals surface area contributed by atoms with E-state index in [0.29, 0.717) is 19.6 Å². The van der Waals surface area contributed by atoms with Crippen LogP contribution in [0.4, 0.5) is 0 Å². The summed E-state index contributed by atoms with van der Waals surface area (Å²) in [5.41, 5.74) is 0. The van der Waals surface area contributed by atoms with Gasteiger partial charge in [-0.1, -0.05) is 0 Å². The van der Waals surface area contributed by atoms with E-state index in [2.05, 4.69) is 5.32 Å². The molecule has 17 heavy (non-hydrogen) atoms. The molecule has 0 saturated carbocycles. The Kier molecular flexibility index (Phi) is 10.8. The average Bonchev–Trinajstić information content (AvgIpc) is 2.24. The summed E-state index contributed by atoms with van der Waals surface area (Å²) in [6.45, 7) is 3.73. The Morgan fingerprint density at radius 3 is 2.35 bits per heavy atom. The molecule has 0 aromatic heterocycles. The van der Waals surface area contributed by atoms with Gasteiger partial charge in [0, 0.05) is 20.0 Å². The van der Waals surface area contributed by atoms with Crippen molar-refractivity contribution in [1.82, 2.24) is 5.32 Å². The van der Waals surface area contributed by atoms with Crippen LogP contribution in [0.3, 0.4) is 0 Å². The third-order valence-corrected chi connectivity index (χ3v) is 3.22. The number of ether oxygens (including phenoxy) is 2. The van der Waals surface area contributed by atoms with Crippen molar-refractivity contribution in [3.63, 3.8) is 0 Å². The van der Waals surface area contributed by atoms with Gasteiger partial charge in [0.05, 0.1) is 19.0 Å². The summed E-state index contributed by atoms with van der Waals surface area (Å²) >= 11 is 0. The third-order valence-electron chi connectivity index (χ3n) is 2.19. The van der Waals surface area contributed by atoms with Crippen LogP contribution in [0, 0.1) is 0 Å². The zero-order valence-corrected chi connectivity index (χ0v) is 11.7. The van der Waals surface area contributed by atoms with Crippen LogP contribution < -0.4 is 5.32 Å². The van der Waals surface area contributed by atoms with E-state index in [-0.39, 0.29) is 5.75 Å². The van der Waals surface area contributed by atoms with E-state index in [1.165, 1.54) is 6.26 Å². The van der Waals surface area contributed by atoms with Crippen molar-refractivity contribution >= 4 is 9.84 Å². The smallest absolute Gasteiger partial charge is 0.147 e. The van der Waals surface area contributed by atoms with E-state index in [1.54, 1.807) is 7.11 Å². The van der Waals surface area contributed by atoms with Crippen LogP contribution in [0.25, 0.3) is 0 Å². The van der Waals surface area contributed by atoms with Gasteiger partial charge in [0.1, 0.15) is 9.84 Å². The molecule has 6 heteroatoms. The maximum absolute atomic E-state index is 10.8. The van der Waals surface area contributed by atoms with Crippen LogP contribution in [0.2, 0.25) is 0 Å². The highest BCUT2D eigenvalue weighted by Crippen LogP contribution is 1.90. The number of hydrogen-bond acceptors (Lipinski definition) is 5. The predicted octanol–water partition coefficient (Wildman–Crippen LogP) is 0.454. The lowest BCUT2D eigenvalue weighted by Crippen LogP contribution is -2.19. The van der Waals surface area contributed by atoms with E-state index < -0.39 is 9.84 Å². The molecule has 0 spiro atoms. The molecule has 0 unspecified atom stereocenters. The van der Waals surface area contributed by atoms with Gasteiger partial charge >= 0.3 is 0 Å². The number of methoxy groups -OCH3 is 1. The second-order valence-electron chi connectivity index (χ2n) is 4.05. The molecule has 0 atom stereocenters. The summed E-state index contributed by atoms with van der Waals surface area (Å²) in [6.07, 6.45) is 4.02. The van der Waals surface area contributed by atoms with Gasteiger partial charge in [0.25, 0.3) is 0 Å². The standard InChI is InChI=1S/C11H25NO4S/c1-15-9-10-16-8-4-3-6-12-7-5-11-17(2,13)14/h12H,3-11H2,1-2H3. The second-order valence-corrected chi connectivity index (χ2v) is 6.31. The lowest BCUT2D eigenvalue weighted by atomic mass is 10.3. The highest BCUT2D eigenvalue weighted by atomic mass is 32.2. The topological polar surface area (TPSA) is 64.6 Å². The van der Waals surface area contributed by atoms with E-state index >= 15 is 0 Å². The van der Waals surface area contributed by atoms with Crippen LogP contribution in [0.1, 0.15) is 19.3 Å². The predicted molar refractivity (Wildman–Crippen MR) is 69.1 cm³/mol. The molecule has 0 aliphatic carbocycles. The first-order valence-electron chi connectivity index (χ1n) is 6.01. The SMILES string of the molecule is COCCOCCCCNCCCS(C)(=O)=O. The minimum atomic E-state index is -2.81. The van der Waals surface area contributed by atoms with Gasteiger partial charge in [0.2, 0.25) is 0 Å². The highest BCUT2D eigenvalue weighted by Gasteiger charge is 2.00. The fraction of sp³-hybridized carbons (Fsp3) is 1.00. The number of rotatable bonds is 12. The number of hydrogen-bond donors (Lipinski definition) is 1. The molecule has 0 bridgehead atoms. The van der Waals surface area contributed by atoms with Crippen LogP contribution in [0.15, 0.2) is 0 Å². The molecular weight excluding hydrogens is 242 g/mol. The zero-order valence-electron chi connectivity index (χ0n) is 10.9. The van der Waals surface area contributed by atoms with Crippen molar-refractivity contribution in [2.75, 3.05) is 52.0 Å². The summed E-state index contributed by atoms with van der Waals surface area (Å²) in [7, 11) is -1.15. The first-order valence-corrected chi connectivity index (χ1v) is 8.07. The van der Waals surface area contributed by atoms with Crippen molar-refractivity contribution < 1.29 is 17.9 Å². The van der Waals surface area contributed by atoms with Crippen molar-refractivity contribution in [3.8, 4) is 0 Å². The van der Waals surface area contributed by atoms with E-state index in [1.807, 2.05) is 0 Å². The van der Waals surface area contributed by atoms with Gasteiger partial charge < -0.3 is 14.8 Å². The quantitative estimate of drug-likeness (QED) is 0.520. The van der Waals surface area contributed by atoms with Gasteiger partial charge in [-0.15, -0.1) is 0 Å². The van der Waals surface area contributed by atoms with Gasteiger partial charge in [-0.3, -0.25) is 0 Å². The van der Waals surface area contributed by atoms with Crippen LogP contribution in [-0.4, -0.2) is 60.4 Å². The van der Waals surface area contributed by atoms with Gasteiger partial charge in [0.15, 0.2) is 0 Å². The summed E-state index contributed by atoms with van der Waals surface area (Å²) < 4.78 is 31.8. The number of sulfone groups is 1. The summed E-state index contributed by atoms with van der Waals surface area (Å²) in [4.78, 5) is 0. The summed E-state index contributed by atoms with van der Waals surface area (Å²) in [5, 5.41) is 3.22. The Morgan fingerprint density at radius 1 is 1.00 bits per heavy atom. The Labute approximate surface area is 105 Å². The maximum Gasteiger partial charge on any atom is 0.147 e. The van der Waals surface area contributed by atoms with Crippen molar-refractivity contribution in [1.29, 1.82) is 0 Å². The molecule has 0 heterocycles. The monoisotopic (exact) mass is 267 g/mol. The zero-order chi connectivity index (χ0) is 13.0. The molecule has 0 aromatic carbocycles. The molecule has 0 aliphatic heterocycles. The first kappa shape index (κ1) is 16.8. The normalized spacial score (nSPS) is 11.9. The van der Waals surface area contributed by atoms with Gasteiger partial charge in [-0.2, -0.15) is 0 Å². The molecule has 0 radical (unpaired) electrons. The molecular formula is C11H25NO4S. The molecule has 0 rings (SSSR count). The van der Waals surface area contributed by atoms with Crippen LogP contribution in [0.5, 0.6) is 0 Å². The Bertz CT molecular complexity index is 254. The molecule has 0 aromatic rings. The first-order chi connectivity index (χ1) is 8.06. The largest absolute Gasteiger partial charge is 0.382 e. The van der Waals surface area contributed by atoms with Crippen molar-refractivity contribution in [3.05, 3.63) is 0 Å². The third kappa shape index (κ3) is 15.8. The molecule has 0 aliphatic rings. The number of nitrogens with one attached hydrogen (secondary N) is 1. The van der Waals surface area contributed by atoms with Gasteiger partial charge in [-0.25, -0.2) is 8.42 Å². The fourth-order valence-electron chi connectivity index (χ4n) is 1.28. The lowest BCUT2D eigenvalue weighted by molar-refractivity contribution is 0.0688. The van der Waals surface area contributed by atoms with Crippen LogP contribution in [-0.2, 0) is 19.3 Å². The second kappa shape index (κ2) is 11.0. The molecule has 0 amide bonds. The Hall–Kier alpha value is -0.170. The fourth-order valence-corrected chi connectivity index (χ4v) is 1.95. The number of unbranched alkanes of at least 4 members (excludes halogenated alkanes) is 1. The van der Waals surface area contributed by atoms with E-state index in [0.717, 1.165) is 32.5 Å². The molecule has 0 saturated heterocycles. The van der Waals surface area contributed by atoms with E-state index in [4.69, 9.17) is 9.47 Å². The minimum absolute atomic E-state index is 0.264. The maximum atomic E-state index is 10.8. The Balaban J connectivity index is 3.04. The minimum Gasteiger partial charge on any atom is -0.382 e. The molecule has 0 fully saturated rings. The highest BCUT2D eigenvalue weighted by molar-refractivity contribution is 7.90. The van der Waals surface area contributed by atoms with E-state index in [9.17, 15) is 8.42 Å².